The number of halogens is 1. The molecule has 0 fully saturated rings. The molecule has 0 radical (unpaired) electrons. The molecule has 3 aromatic heterocycles. The molecule has 0 bridgehead atoms. The molecule has 0 atom stereocenters. The Hall–Kier alpha value is -3.48. The maximum absolute atomic E-state index is 13.0. The van der Waals surface area contributed by atoms with Crippen molar-refractivity contribution in [2.45, 2.75) is 6.54 Å². The van der Waals surface area contributed by atoms with Crippen molar-refractivity contribution >= 4 is 11.6 Å². The molecule has 0 saturated heterocycles. The highest BCUT2D eigenvalue weighted by molar-refractivity contribution is 5.93. The largest absolute Gasteiger partial charge is 0.345 e. The summed E-state index contributed by atoms with van der Waals surface area (Å²) in [5, 5.41) is 9.60. The van der Waals surface area contributed by atoms with Gasteiger partial charge in [-0.3, -0.25) is 9.89 Å². The zero-order chi connectivity index (χ0) is 17.2. The number of nitrogens with one attached hydrogen (secondary N) is 2. The Labute approximate surface area is 142 Å². The van der Waals surface area contributed by atoms with Crippen molar-refractivity contribution in [2.24, 2.45) is 0 Å². The van der Waals surface area contributed by atoms with Crippen molar-refractivity contribution in [1.29, 1.82) is 0 Å². The Balaban J connectivity index is 1.45. The lowest BCUT2D eigenvalue weighted by Gasteiger charge is -1.99. The van der Waals surface area contributed by atoms with Gasteiger partial charge in [0.25, 0.3) is 5.91 Å². The summed E-state index contributed by atoms with van der Waals surface area (Å²) >= 11 is 0. The Kier molecular flexibility index (Phi) is 3.74. The lowest BCUT2D eigenvalue weighted by atomic mass is 10.1. The van der Waals surface area contributed by atoms with E-state index in [0.717, 1.165) is 16.9 Å². The van der Waals surface area contributed by atoms with Crippen LogP contribution in [-0.4, -0.2) is 25.5 Å². The monoisotopic (exact) mass is 335 g/mol. The molecule has 4 aromatic rings. The van der Waals surface area contributed by atoms with Crippen molar-refractivity contribution < 1.29 is 9.18 Å². The van der Waals surface area contributed by atoms with Gasteiger partial charge in [0.05, 0.1) is 17.9 Å². The molecule has 3 heterocycles. The highest BCUT2D eigenvalue weighted by Crippen LogP contribution is 2.18. The van der Waals surface area contributed by atoms with Crippen LogP contribution >= 0.6 is 0 Å². The van der Waals surface area contributed by atoms with E-state index in [-0.39, 0.29) is 11.7 Å². The number of aromatic amines is 1. The van der Waals surface area contributed by atoms with E-state index in [4.69, 9.17) is 0 Å². The summed E-state index contributed by atoms with van der Waals surface area (Å²) in [4.78, 5) is 16.7. The van der Waals surface area contributed by atoms with Gasteiger partial charge in [0.2, 0.25) is 0 Å². The van der Waals surface area contributed by atoms with Crippen LogP contribution in [-0.2, 0) is 6.54 Å². The Morgan fingerprint density at radius 1 is 1.20 bits per heavy atom. The lowest BCUT2D eigenvalue weighted by molar-refractivity contribution is 0.0945. The number of H-pyrrole nitrogens is 1. The molecular formula is C18H14FN5O. The molecule has 7 heteroatoms. The van der Waals surface area contributed by atoms with Gasteiger partial charge in [0.15, 0.2) is 0 Å². The molecular weight excluding hydrogens is 321 g/mol. The van der Waals surface area contributed by atoms with Crippen molar-refractivity contribution in [3.8, 4) is 11.3 Å². The molecule has 6 nitrogen and oxygen atoms in total. The third-order valence-corrected chi connectivity index (χ3v) is 3.81. The van der Waals surface area contributed by atoms with Crippen molar-refractivity contribution in [1.82, 2.24) is 24.9 Å². The zero-order valence-electron chi connectivity index (χ0n) is 13.1. The standard InChI is InChI=1S/C18H14FN5O/c19-13-6-4-12(5-7-13)15-9-16(23-22-15)18(25)20-10-14-11-24-8-2-1-3-17(24)21-14/h1-9,11H,10H2,(H,20,25)(H,22,23). The van der Waals surface area contributed by atoms with Gasteiger partial charge < -0.3 is 9.72 Å². The molecule has 0 saturated carbocycles. The predicted octanol–water partition coefficient (Wildman–Crippen LogP) is 2.79. The number of hydrogen-bond acceptors (Lipinski definition) is 3. The van der Waals surface area contributed by atoms with E-state index in [9.17, 15) is 9.18 Å². The van der Waals surface area contributed by atoms with Gasteiger partial charge in [-0.1, -0.05) is 6.07 Å². The lowest BCUT2D eigenvalue weighted by Crippen LogP contribution is -2.23. The first-order valence-corrected chi connectivity index (χ1v) is 7.71. The predicted molar refractivity (Wildman–Crippen MR) is 90.3 cm³/mol. The molecule has 0 spiro atoms. The average Bonchev–Trinajstić information content (AvgIpc) is 3.27. The maximum Gasteiger partial charge on any atom is 0.269 e. The molecule has 124 valence electrons. The highest BCUT2D eigenvalue weighted by Gasteiger charge is 2.11. The third-order valence-electron chi connectivity index (χ3n) is 3.81. The molecule has 0 aliphatic carbocycles. The Morgan fingerprint density at radius 2 is 2.04 bits per heavy atom. The number of carbonyl (C=O) groups excluding carboxylic acids is 1. The molecule has 1 aromatic carbocycles. The van der Waals surface area contributed by atoms with Gasteiger partial charge in [0, 0.05) is 18.0 Å². The van der Waals surface area contributed by atoms with Gasteiger partial charge in [-0.05, 0) is 42.5 Å². The molecule has 4 rings (SSSR count). The smallest absolute Gasteiger partial charge is 0.269 e. The van der Waals surface area contributed by atoms with Crippen molar-refractivity contribution in [3.63, 3.8) is 0 Å². The number of imidazole rings is 1. The first kappa shape index (κ1) is 15.1. The number of nitrogens with zero attached hydrogens (tertiary/aromatic N) is 3. The summed E-state index contributed by atoms with van der Waals surface area (Å²) < 4.78 is 14.9. The number of fused-ring (bicyclic) bond motifs is 1. The summed E-state index contributed by atoms with van der Waals surface area (Å²) in [6.07, 6.45) is 3.77. The summed E-state index contributed by atoms with van der Waals surface area (Å²) in [7, 11) is 0. The number of hydrogen-bond donors (Lipinski definition) is 2. The highest BCUT2D eigenvalue weighted by atomic mass is 19.1. The van der Waals surface area contributed by atoms with Crippen LogP contribution in [0, 0.1) is 5.82 Å². The molecule has 25 heavy (non-hydrogen) atoms. The second kappa shape index (κ2) is 6.20. The fourth-order valence-electron chi connectivity index (χ4n) is 2.54. The van der Waals surface area contributed by atoms with E-state index < -0.39 is 0 Å². The number of pyridine rings is 1. The van der Waals surface area contributed by atoms with Crippen LogP contribution in [0.5, 0.6) is 0 Å². The van der Waals surface area contributed by atoms with Gasteiger partial charge in [-0.25, -0.2) is 9.37 Å². The van der Waals surface area contributed by atoms with Crippen LogP contribution in [0.4, 0.5) is 4.39 Å². The minimum absolute atomic E-state index is 0.280. The number of benzene rings is 1. The van der Waals surface area contributed by atoms with E-state index in [0.29, 0.717) is 17.9 Å². The Morgan fingerprint density at radius 3 is 2.84 bits per heavy atom. The minimum atomic E-state index is -0.315. The minimum Gasteiger partial charge on any atom is -0.345 e. The van der Waals surface area contributed by atoms with E-state index in [1.807, 2.05) is 35.0 Å². The molecule has 0 aliphatic heterocycles. The summed E-state index contributed by atoms with van der Waals surface area (Å²) in [6.45, 7) is 0.311. The number of carbonyl (C=O) groups is 1. The van der Waals surface area contributed by atoms with E-state index in [2.05, 4.69) is 20.5 Å². The summed E-state index contributed by atoms with van der Waals surface area (Å²) in [5.41, 5.74) is 3.24. The number of aromatic nitrogens is 4. The first-order chi connectivity index (χ1) is 12.2. The quantitative estimate of drug-likeness (QED) is 0.602. The van der Waals surface area contributed by atoms with Crippen LogP contribution < -0.4 is 5.32 Å². The van der Waals surface area contributed by atoms with E-state index >= 15 is 0 Å². The number of rotatable bonds is 4. The molecule has 0 aliphatic rings. The maximum atomic E-state index is 13.0. The average molecular weight is 335 g/mol. The van der Waals surface area contributed by atoms with Crippen LogP contribution in [0.2, 0.25) is 0 Å². The second-order valence-electron chi connectivity index (χ2n) is 5.55. The van der Waals surface area contributed by atoms with Gasteiger partial charge >= 0.3 is 0 Å². The molecule has 0 unspecified atom stereocenters. The molecule has 2 N–H and O–H groups in total. The van der Waals surface area contributed by atoms with Crippen LogP contribution in [0.3, 0.4) is 0 Å². The van der Waals surface area contributed by atoms with Crippen molar-refractivity contribution in [2.75, 3.05) is 0 Å². The van der Waals surface area contributed by atoms with Crippen LogP contribution in [0.15, 0.2) is 60.9 Å². The van der Waals surface area contributed by atoms with Gasteiger partial charge in [-0.2, -0.15) is 5.10 Å². The molecule has 1 amide bonds. The van der Waals surface area contributed by atoms with Crippen molar-refractivity contribution in [3.05, 3.63) is 78.1 Å². The van der Waals surface area contributed by atoms with Gasteiger partial charge in [0.1, 0.15) is 17.2 Å². The first-order valence-electron chi connectivity index (χ1n) is 7.71. The normalized spacial score (nSPS) is 10.9. The van der Waals surface area contributed by atoms with Crippen LogP contribution in [0.1, 0.15) is 16.2 Å². The fraction of sp³-hybridized carbons (Fsp3) is 0.0556. The number of amides is 1. The topological polar surface area (TPSA) is 75.1 Å². The second-order valence-corrected chi connectivity index (χ2v) is 5.55. The van der Waals surface area contributed by atoms with Crippen LogP contribution in [0.25, 0.3) is 16.9 Å². The zero-order valence-corrected chi connectivity index (χ0v) is 13.1. The van der Waals surface area contributed by atoms with E-state index in [1.165, 1.54) is 12.1 Å². The SMILES string of the molecule is O=C(NCc1cn2ccccc2n1)c1cc(-c2ccc(F)cc2)n[nH]1. The summed E-state index contributed by atoms with van der Waals surface area (Å²) in [6, 6.07) is 13.3. The Bertz CT molecular complexity index is 1000. The summed E-state index contributed by atoms with van der Waals surface area (Å²) in [5.74, 6) is -0.595. The van der Waals surface area contributed by atoms with E-state index in [1.54, 1.807) is 18.2 Å². The third kappa shape index (κ3) is 3.12. The fourth-order valence-corrected chi connectivity index (χ4v) is 2.54. The van der Waals surface area contributed by atoms with Gasteiger partial charge in [-0.15, -0.1) is 0 Å².